The van der Waals surface area contributed by atoms with E-state index >= 15 is 0 Å². The average Bonchev–Trinajstić information content (AvgIpc) is 2.59. The second-order valence-corrected chi connectivity index (χ2v) is 10.5. The van der Waals surface area contributed by atoms with Crippen LogP contribution in [-0.4, -0.2) is 0 Å². The highest BCUT2D eigenvalue weighted by Crippen LogP contribution is 2.45. The van der Waals surface area contributed by atoms with Crippen LogP contribution in [0.1, 0.15) is 88.8 Å². The second-order valence-electron chi connectivity index (χ2n) is 9.93. The van der Waals surface area contributed by atoms with Gasteiger partial charge in [0.2, 0.25) is 0 Å². The van der Waals surface area contributed by atoms with Crippen LogP contribution in [-0.2, 0) is 30.1 Å². The number of hydrogen-bond acceptors (Lipinski definition) is 2. The van der Waals surface area contributed by atoms with E-state index in [1.807, 2.05) is 0 Å². The van der Waals surface area contributed by atoms with Gasteiger partial charge in [-0.25, -0.2) is 0 Å². The molecule has 3 rings (SSSR count). The van der Waals surface area contributed by atoms with E-state index < -0.39 is 0 Å². The lowest BCUT2D eigenvalue weighted by Gasteiger charge is -2.30. The van der Waals surface area contributed by atoms with Crippen molar-refractivity contribution in [2.75, 3.05) is 0 Å². The maximum absolute atomic E-state index is 6.27. The molecule has 1 heterocycles. The van der Waals surface area contributed by atoms with Crippen molar-refractivity contribution in [1.82, 2.24) is 0 Å². The number of rotatable bonds is 2. The zero-order valence-electron chi connectivity index (χ0n) is 18.7. The highest BCUT2D eigenvalue weighted by molar-refractivity contribution is 7.27. The first-order valence-corrected chi connectivity index (χ1v) is 11.3. The third-order valence-electron chi connectivity index (χ3n) is 5.55. The smallest absolute Gasteiger partial charge is 0.275 e. The molecule has 0 spiro atoms. The van der Waals surface area contributed by atoms with E-state index in [0.29, 0.717) is 0 Å². The monoisotopic (exact) mass is 398 g/mol. The Balaban J connectivity index is 2.22. The van der Waals surface area contributed by atoms with Gasteiger partial charge in [0.15, 0.2) is 0 Å². The highest BCUT2D eigenvalue weighted by atomic mass is 31.1. The van der Waals surface area contributed by atoms with Crippen molar-refractivity contribution >= 4 is 9.03 Å². The molecule has 2 aromatic rings. The number of fused-ring (bicyclic) bond motifs is 2. The molecule has 2 aromatic carbocycles. The SMILES string of the molecule is CCc1cc2c(c(C(C)(C)C)c1)OPOc1c(cc(CC)cc1C(C)(C)C)C2. The molecule has 0 radical (unpaired) electrons. The molecule has 2 nitrogen and oxygen atoms in total. The molecular formula is C25H35O2P. The third kappa shape index (κ3) is 4.23. The fourth-order valence-electron chi connectivity index (χ4n) is 3.85. The van der Waals surface area contributed by atoms with Gasteiger partial charge in [-0.15, -0.1) is 0 Å². The predicted molar refractivity (Wildman–Crippen MR) is 121 cm³/mol. The average molecular weight is 399 g/mol. The van der Waals surface area contributed by atoms with Gasteiger partial charge in [-0.1, -0.05) is 79.7 Å². The summed E-state index contributed by atoms with van der Waals surface area (Å²) in [7, 11) is -0.0299. The third-order valence-corrected chi connectivity index (χ3v) is 6.13. The number of aryl methyl sites for hydroxylation is 2. The molecular weight excluding hydrogens is 363 g/mol. The van der Waals surface area contributed by atoms with Gasteiger partial charge >= 0.3 is 0 Å². The molecule has 0 aromatic heterocycles. The van der Waals surface area contributed by atoms with Crippen molar-refractivity contribution in [3.8, 4) is 11.5 Å². The van der Waals surface area contributed by atoms with Crippen LogP contribution in [0.3, 0.4) is 0 Å². The Morgan fingerprint density at radius 1 is 0.714 bits per heavy atom. The van der Waals surface area contributed by atoms with Crippen molar-refractivity contribution in [3.63, 3.8) is 0 Å². The van der Waals surface area contributed by atoms with Crippen molar-refractivity contribution in [2.45, 2.75) is 85.5 Å². The summed E-state index contributed by atoms with van der Waals surface area (Å²) in [6, 6.07) is 9.29. The summed E-state index contributed by atoms with van der Waals surface area (Å²) in [5.74, 6) is 2.04. The molecule has 1 aliphatic heterocycles. The lowest BCUT2D eigenvalue weighted by atomic mass is 9.81. The van der Waals surface area contributed by atoms with Gasteiger partial charge in [0.1, 0.15) is 11.5 Å². The molecule has 3 heteroatoms. The topological polar surface area (TPSA) is 18.5 Å². The summed E-state index contributed by atoms with van der Waals surface area (Å²) in [5.41, 5.74) is 7.95. The molecule has 0 amide bonds. The van der Waals surface area contributed by atoms with E-state index in [1.165, 1.54) is 33.4 Å². The van der Waals surface area contributed by atoms with Crippen molar-refractivity contribution in [2.24, 2.45) is 0 Å². The maximum atomic E-state index is 6.27. The molecule has 0 saturated heterocycles. The van der Waals surface area contributed by atoms with E-state index in [2.05, 4.69) is 79.7 Å². The Bertz CT molecular complexity index is 798. The summed E-state index contributed by atoms with van der Waals surface area (Å²) in [4.78, 5) is 0. The van der Waals surface area contributed by atoms with E-state index in [0.717, 1.165) is 30.8 Å². The Labute approximate surface area is 173 Å². The van der Waals surface area contributed by atoms with Crippen LogP contribution >= 0.6 is 9.03 Å². The van der Waals surface area contributed by atoms with Crippen LogP contribution < -0.4 is 9.05 Å². The van der Waals surface area contributed by atoms with Gasteiger partial charge in [-0.3, -0.25) is 0 Å². The van der Waals surface area contributed by atoms with Gasteiger partial charge in [-0.2, -0.15) is 0 Å². The molecule has 0 bridgehead atoms. The standard InChI is InChI=1S/C25H35O2P/c1-9-16-11-18-15-19-12-17(10-2)14-21(25(6,7)8)23(19)27-28-26-22(18)20(13-16)24(3,4)5/h11-14,28H,9-10,15H2,1-8H3. The van der Waals surface area contributed by atoms with E-state index in [1.54, 1.807) is 0 Å². The Morgan fingerprint density at radius 2 is 1.11 bits per heavy atom. The largest absolute Gasteiger partial charge is 0.440 e. The molecule has 28 heavy (non-hydrogen) atoms. The van der Waals surface area contributed by atoms with Crippen LogP contribution in [0.15, 0.2) is 24.3 Å². The predicted octanol–water partition coefficient (Wildman–Crippen LogP) is 7.28. The minimum Gasteiger partial charge on any atom is -0.440 e. The van der Waals surface area contributed by atoms with Gasteiger partial charge in [-0.05, 0) is 45.9 Å². The van der Waals surface area contributed by atoms with E-state index in [-0.39, 0.29) is 19.9 Å². The molecule has 0 fully saturated rings. The Kier molecular flexibility index (Phi) is 5.84. The quantitative estimate of drug-likeness (QED) is 0.495. The first kappa shape index (κ1) is 21.2. The van der Waals surface area contributed by atoms with Gasteiger partial charge in [0, 0.05) is 17.5 Å². The molecule has 0 N–H and O–H groups in total. The highest BCUT2D eigenvalue weighted by Gasteiger charge is 2.28. The molecule has 1 aliphatic rings. The molecule has 152 valence electrons. The minimum absolute atomic E-state index is 0.0299. The van der Waals surface area contributed by atoms with Crippen molar-refractivity contribution in [1.29, 1.82) is 0 Å². The van der Waals surface area contributed by atoms with Gasteiger partial charge in [0.05, 0.1) is 0 Å². The van der Waals surface area contributed by atoms with Crippen LogP contribution in [0.5, 0.6) is 11.5 Å². The summed E-state index contributed by atoms with van der Waals surface area (Å²) in [6.07, 6.45) is 2.91. The molecule has 0 saturated carbocycles. The summed E-state index contributed by atoms with van der Waals surface area (Å²) < 4.78 is 12.5. The zero-order chi connectivity index (χ0) is 20.7. The maximum Gasteiger partial charge on any atom is 0.275 e. The minimum atomic E-state index is -0.0299. The lowest BCUT2D eigenvalue weighted by Crippen LogP contribution is -2.17. The van der Waals surface area contributed by atoms with Crippen LogP contribution in [0.25, 0.3) is 0 Å². The lowest BCUT2D eigenvalue weighted by molar-refractivity contribution is 0.466. The van der Waals surface area contributed by atoms with Gasteiger partial charge < -0.3 is 9.05 Å². The first-order valence-electron chi connectivity index (χ1n) is 10.5. The fourth-order valence-corrected chi connectivity index (χ4v) is 4.54. The zero-order valence-corrected chi connectivity index (χ0v) is 19.7. The van der Waals surface area contributed by atoms with Crippen LogP contribution in [0, 0.1) is 0 Å². The summed E-state index contributed by atoms with van der Waals surface area (Å²) in [6.45, 7) is 18.0. The van der Waals surface area contributed by atoms with E-state index in [9.17, 15) is 0 Å². The Hall–Kier alpha value is -1.53. The molecule has 0 aliphatic carbocycles. The van der Waals surface area contributed by atoms with Crippen LogP contribution in [0.4, 0.5) is 0 Å². The molecule has 0 unspecified atom stereocenters. The number of hydrogen-bond donors (Lipinski definition) is 0. The normalized spacial score (nSPS) is 14.3. The van der Waals surface area contributed by atoms with Crippen molar-refractivity contribution in [3.05, 3.63) is 57.6 Å². The fraction of sp³-hybridized carbons (Fsp3) is 0.520. The summed E-state index contributed by atoms with van der Waals surface area (Å²) >= 11 is 0. The van der Waals surface area contributed by atoms with E-state index in [4.69, 9.17) is 9.05 Å². The molecule has 0 atom stereocenters. The van der Waals surface area contributed by atoms with Crippen LogP contribution in [0.2, 0.25) is 0 Å². The number of benzene rings is 2. The first-order chi connectivity index (χ1) is 13.0. The second kappa shape index (κ2) is 7.71. The van der Waals surface area contributed by atoms with Gasteiger partial charge in [0.25, 0.3) is 9.03 Å². The Morgan fingerprint density at radius 3 is 1.43 bits per heavy atom. The summed E-state index contributed by atoms with van der Waals surface area (Å²) in [5, 5.41) is 0. The van der Waals surface area contributed by atoms with Crippen molar-refractivity contribution < 1.29 is 9.05 Å².